The summed E-state index contributed by atoms with van der Waals surface area (Å²) in [6.45, 7) is 8.67. The van der Waals surface area contributed by atoms with E-state index in [1.165, 1.54) is 0 Å². The summed E-state index contributed by atoms with van der Waals surface area (Å²) in [4.78, 5) is 13.0. The fourth-order valence-corrected chi connectivity index (χ4v) is 1.35. The van der Waals surface area contributed by atoms with Gasteiger partial charge in [-0.1, -0.05) is 6.58 Å². The SMILES string of the molecule is C=C(CCN1CCNCC1)C(N)=O. The zero-order valence-corrected chi connectivity index (χ0v) is 7.88. The average Bonchev–Trinajstić information content (AvgIpc) is 2.15. The lowest BCUT2D eigenvalue weighted by Gasteiger charge is -2.27. The van der Waals surface area contributed by atoms with Gasteiger partial charge in [-0.2, -0.15) is 0 Å². The number of rotatable bonds is 4. The van der Waals surface area contributed by atoms with E-state index in [1.807, 2.05) is 0 Å². The lowest BCUT2D eigenvalue weighted by atomic mass is 10.2. The summed E-state index contributed by atoms with van der Waals surface area (Å²) >= 11 is 0. The number of nitrogens with one attached hydrogen (secondary N) is 1. The van der Waals surface area contributed by atoms with Gasteiger partial charge in [0.05, 0.1) is 0 Å². The van der Waals surface area contributed by atoms with E-state index in [1.54, 1.807) is 0 Å². The quantitative estimate of drug-likeness (QED) is 0.568. The van der Waals surface area contributed by atoms with Crippen molar-refractivity contribution in [3.05, 3.63) is 12.2 Å². The molecule has 0 spiro atoms. The first-order chi connectivity index (χ1) is 6.20. The van der Waals surface area contributed by atoms with Gasteiger partial charge in [-0.05, 0) is 6.42 Å². The smallest absolute Gasteiger partial charge is 0.244 e. The second-order valence-corrected chi connectivity index (χ2v) is 3.31. The second kappa shape index (κ2) is 4.99. The minimum atomic E-state index is -0.380. The number of primary amides is 1. The zero-order valence-electron chi connectivity index (χ0n) is 7.88. The molecule has 0 radical (unpaired) electrons. The number of amides is 1. The van der Waals surface area contributed by atoms with E-state index in [0.29, 0.717) is 12.0 Å². The van der Waals surface area contributed by atoms with Crippen molar-refractivity contribution < 1.29 is 4.79 Å². The van der Waals surface area contributed by atoms with Crippen LogP contribution in [0.4, 0.5) is 0 Å². The maximum absolute atomic E-state index is 10.7. The van der Waals surface area contributed by atoms with Crippen LogP contribution in [0.2, 0.25) is 0 Å². The number of nitrogens with zero attached hydrogens (tertiary/aromatic N) is 1. The Bertz CT molecular complexity index is 197. The largest absolute Gasteiger partial charge is 0.366 e. The van der Waals surface area contributed by atoms with Crippen LogP contribution in [-0.2, 0) is 4.79 Å². The summed E-state index contributed by atoms with van der Waals surface area (Å²) < 4.78 is 0. The number of carbonyl (C=O) groups excluding carboxylic acids is 1. The summed E-state index contributed by atoms with van der Waals surface area (Å²) in [5.41, 5.74) is 5.61. The molecule has 1 aliphatic heterocycles. The summed E-state index contributed by atoms with van der Waals surface area (Å²) in [6, 6.07) is 0. The van der Waals surface area contributed by atoms with Crippen LogP contribution in [0.1, 0.15) is 6.42 Å². The van der Waals surface area contributed by atoms with Gasteiger partial charge in [-0.3, -0.25) is 4.79 Å². The molecule has 74 valence electrons. The Morgan fingerprint density at radius 3 is 2.62 bits per heavy atom. The first kappa shape index (κ1) is 10.2. The number of piperazine rings is 1. The van der Waals surface area contributed by atoms with Crippen LogP contribution < -0.4 is 11.1 Å². The van der Waals surface area contributed by atoms with Crippen molar-refractivity contribution in [2.45, 2.75) is 6.42 Å². The molecule has 1 amide bonds. The third-order valence-corrected chi connectivity index (χ3v) is 2.29. The molecular weight excluding hydrogens is 166 g/mol. The summed E-state index contributed by atoms with van der Waals surface area (Å²) in [5.74, 6) is -0.380. The van der Waals surface area contributed by atoms with Gasteiger partial charge in [0, 0.05) is 38.3 Å². The Hall–Kier alpha value is -0.870. The molecule has 0 aromatic rings. The van der Waals surface area contributed by atoms with Crippen molar-refractivity contribution in [1.29, 1.82) is 0 Å². The average molecular weight is 183 g/mol. The highest BCUT2D eigenvalue weighted by molar-refractivity contribution is 5.91. The third-order valence-electron chi connectivity index (χ3n) is 2.29. The molecule has 0 saturated carbocycles. The predicted molar refractivity (Wildman–Crippen MR) is 52.3 cm³/mol. The first-order valence-electron chi connectivity index (χ1n) is 4.61. The predicted octanol–water partition coefficient (Wildman–Crippen LogP) is -0.677. The standard InChI is InChI=1S/C9H17N3O/c1-8(9(10)13)2-5-12-6-3-11-4-7-12/h11H,1-7H2,(H2,10,13). The Morgan fingerprint density at radius 1 is 1.46 bits per heavy atom. The molecule has 0 aliphatic carbocycles. The van der Waals surface area contributed by atoms with Crippen molar-refractivity contribution in [2.24, 2.45) is 5.73 Å². The number of nitrogens with two attached hydrogens (primary N) is 1. The van der Waals surface area contributed by atoms with Crippen LogP contribution >= 0.6 is 0 Å². The molecule has 1 rings (SSSR count). The molecule has 3 N–H and O–H groups in total. The lowest BCUT2D eigenvalue weighted by Crippen LogP contribution is -2.44. The van der Waals surface area contributed by atoms with Crippen LogP contribution in [0.15, 0.2) is 12.2 Å². The number of hydrogen-bond acceptors (Lipinski definition) is 3. The van der Waals surface area contributed by atoms with Gasteiger partial charge in [0.1, 0.15) is 0 Å². The van der Waals surface area contributed by atoms with E-state index in [-0.39, 0.29) is 5.91 Å². The van der Waals surface area contributed by atoms with Gasteiger partial charge < -0.3 is 16.0 Å². The summed E-state index contributed by atoms with van der Waals surface area (Å²) in [7, 11) is 0. The molecule has 4 heteroatoms. The van der Waals surface area contributed by atoms with Crippen molar-refractivity contribution in [3.8, 4) is 0 Å². The van der Waals surface area contributed by atoms with Gasteiger partial charge in [-0.25, -0.2) is 0 Å². The molecule has 13 heavy (non-hydrogen) atoms. The molecule has 4 nitrogen and oxygen atoms in total. The maximum atomic E-state index is 10.7. The first-order valence-corrected chi connectivity index (χ1v) is 4.61. The second-order valence-electron chi connectivity index (χ2n) is 3.31. The zero-order chi connectivity index (χ0) is 9.68. The highest BCUT2D eigenvalue weighted by Gasteiger charge is 2.10. The fourth-order valence-electron chi connectivity index (χ4n) is 1.35. The maximum Gasteiger partial charge on any atom is 0.244 e. The molecular formula is C9H17N3O. The Labute approximate surface area is 78.8 Å². The molecule has 1 aliphatic rings. The van der Waals surface area contributed by atoms with E-state index >= 15 is 0 Å². The van der Waals surface area contributed by atoms with Crippen LogP contribution in [0.3, 0.4) is 0 Å². The normalized spacial score (nSPS) is 18.5. The van der Waals surface area contributed by atoms with Gasteiger partial charge >= 0.3 is 0 Å². The van der Waals surface area contributed by atoms with E-state index in [4.69, 9.17) is 5.73 Å². The summed E-state index contributed by atoms with van der Waals surface area (Å²) in [6.07, 6.45) is 0.690. The van der Waals surface area contributed by atoms with Gasteiger partial charge in [0.15, 0.2) is 0 Å². The Kier molecular flexibility index (Phi) is 3.92. The van der Waals surface area contributed by atoms with Crippen LogP contribution in [0.5, 0.6) is 0 Å². The highest BCUT2D eigenvalue weighted by Crippen LogP contribution is 2.00. The number of carbonyl (C=O) groups is 1. The molecule has 1 heterocycles. The molecule has 0 bridgehead atoms. The van der Waals surface area contributed by atoms with Gasteiger partial charge in [0.2, 0.25) is 5.91 Å². The van der Waals surface area contributed by atoms with Crippen molar-refractivity contribution in [1.82, 2.24) is 10.2 Å². The van der Waals surface area contributed by atoms with Gasteiger partial charge in [0.25, 0.3) is 0 Å². The van der Waals surface area contributed by atoms with Crippen molar-refractivity contribution in [3.63, 3.8) is 0 Å². The van der Waals surface area contributed by atoms with Crippen molar-refractivity contribution >= 4 is 5.91 Å². The van der Waals surface area contributed by atoms with Crippen LogP contribution in [0.25, 0.3) is 0 Å². The summed E-state index contributed by atoms with van der Waals surface area (Å²) in [5, 5.41) is 3.27. The minimum absolute atomic E-state index is 0.380. The minimum Gasteiger partial charge on any atom is -0.366 e. The Morgan fingerprint density at radius 2 is 2.08 bits per heavy atom. The van der Waals surface area contributed by atoms with E-state index in [2.05, 4.69) is 16.8 Å². The molecule has 0 aromatic heterocycles. The van der Waals surface area contributed by atoms with Crippen LogP contribution in [-0.4, -0.2) is 43.5 Å². The van der Waals surface area contributed by atoms with E-state index in [0.717, 1.165) is 32.7 Å². The number of hydrogen-bond donors (Lipinski definition) is 2. The molecule has 1 saturated heterocycles. The monoisotopic (exact) mass is 183 g/mol. The lowest BCUT2D eigenvalue weighted by molar-refractivity contribution is -0.114. The molecule has 0 unspecified atom stereocenters. The fraction of sp³-hybridized carbons (Fsp3) is 0.667. The van der Waals surface area contributed by atoms with E-state index < -0.39 is 0 Å². The van der Waals surface area contributed by atoms with Crippen LogP contribution in [0, 0.1) is 0 Å². The van der Waals surface area contributed by atoms with Gasteiger partial charge in [-0.15, -0.1) is 0 Å². The van der Waals surface area contributed by atoms with Crippen molar-refractivity contribution in [2.75, 3.05) is 32.7 Å². The van der Waals surface area contributed by atoms with E-state index in [9.17, 15) is 4.79 Å². The third kappa shape index (κ3) is 3.57. The Balaban J connectivity index is 2.17. The highest BCUT2D eigenvalue weighted by atomic mass is 16.1. The molecule has 1 fully saturated rings. The topological polar surface area (TPSA) is 58.4 Å². The molecule has 0 atom stereocenters. The molecule has 0 aromatic carbocycles.